The van der Waals surface area contributed by atoms with Gasteiger partial charge in [0.15, 0.2) is 5.96 Å². The molecule has 3 rings (SSSR count). The van der Waals surface area contributed by atoms with E-state index in [-0.39, 0.29) is 29.4 Å². The summed E-state index contributed by atoms with van der Waals surface area (Å²) in [7, 11) is -0.706. The number of hydrogen-bond acceptors (Lipinski definition) is 3. The van der Waals surface area contributed by atoms with Crippen molar-refractivity contribution in [3.63, 3.8) is 0 Å². The van der Waals surface area contributed by atoms with E-state index in [9.17, 15) is 4.21 Å². The third kappa shape index (κ3) is 6.92. The molecule has 3 unspecified atom stereocenters. The Bertz CT molecular complexity index is 680. The van der Waals surface area contributed by atoms with Crippen LogP contribution in [0.25, 0.3) is 0 Å². The van der Waals surface area contributed by atoms with Crippen molar-refractivity contribution in [2.75, 3.05) is 32.1 Å². The van der Waals surface area contributed by atoms with Gasteiger partial charge in [-0.15, -0.1) is 24.0 Å². The number of nitrogens with one attached hydrogen (secondary N) is 2. The van der Waals surface area contributed by atoms with Crippen LogP contribution in [0.5, 0.6) is 0 Å². The lowest BCUT2D eigenvalue weighted by molar-refractivity contribution is 0.0531. The summed E-state index contributed by atoms with van der Waals surface area (Å²) in [5.74, 6) is 1.65. The summed E-state index contributed by atoms with van der Waals surface area (Å²) >= 11 is 0. The third-order valence-electron chi connectivity index (χ3n) is 6.34. The number of nitrogens with zero attached hydrogens (tertiary/aromatic N) is 1. The van der Waals surface area contributed by atoms with E-state index in [0.717, 1.165) is 76.5 Å². The highest BCUT2D eigenvalue weighted by Gasteiger charge is 2.34. The summed E-state index contributed by atoms with van der Waals surface area (Å²) in [6.07, 6.45) is 6.33. The van der Waals surface area contributed by atoms with Crippen LogP contribution in [0, 0.1) is 0 Å². The first-order valence-corrected chi connectivity index (χ1v) is 12.6. The molecule has 0 aromatic heterocycles. The first kappa shape index (κ1) is 25.6. The van der Waals surface area contributed by atoms with Crippen molar-refractivity contribution < 1.29 is 8.95 Å². The molecule has 1 saturated carbocycles. The quantitative estimate of drug-likeness (QED) is 0.308. The second-order valence-corrected chi connectivity index (χ2v) is 10.3. The topological polar surface area (TPSA) is 62.7 Å². The van der Waals surface area contributed by atoms with Gasteiger partial charge in [0.2, 0.25) is 0 Å². The minimum atomic E-state index is -0.706. The van der Waals surface area contributed by atoms with Crippen molar-refractivity contribution in [3.8, 4) is 0 Å². The van der Waals surface area contributed by atoms with Crippen LogP contribution in [0.15, 0.2) is 35.3 Å². The SMILES string of the molecule is CCNC(=NCC1(c2ccccc2)CCOCC1)NC1CCCC(S(=O)CC)C1.I. The number of aliphatic imine (C=N–C) groups is 1. The van der Waals surface area contributed by atoms with E-state index < -0.39 is 10.8 Å². The maximum atomic E-state index is 12.3. The predicted octanol–water partition coefficient (Wildman–Crippen LogP) is 3.99. The van der Waals surface area contributed by atoms with Crippen LogP contribution in [0.2, 0.25) is 0 Å². The number of benzene rings is 1. The fourth-order valence-corrected chi connectivity index (χ4v) is 5.93. The summed E-state index contributed by atoms with van der Waals surface area (Å²) in [5.41, 5.74) is 1.40. The van der Waals surface area contributed by atoms with Gasteiger partial charge in [0.05, 0.1) is 6.54 Å². The van der Waals surface area contributed by atoms with Gasteiger partial charge in [0.1, 0.15) is 0 Å². The Hall–Kier alpha value is -0.670. The Morgan fingerprint density at radius 1 is 1.20 bits per heavy atom. The molecule has 1 saturated heterocycles. The van der Waals surface area contributed by atoms with Crippen LogP contribution in [-0.2, 0) is 21.0 Å². The Labute approximate surface area is 201 Å². The van der Waals surface area contributed by atoms with E-state index in [1.807, 2.05) is 6.92 Å². The Balaban J connectivity index is 0.00000320. The molecule has 170 valence electrons. The van der Waals surface area contributed by atoms with Gasteiger partial charge in [-0.1, -0.05) is 43.7 Å². The van der Waals surface area contributed by atoms with Crippen LogP contribution in [0.1, 0.15) is 57.9 Å². The standard InChI is InChI=1S/C23H37N3O2S.HI/c1-3-24-22(26-20-11-8-12-21(17-20)29(27)4-2)25-18-23(13-15-28-16-14-23)19-9-6-5-7-10-19;/h5-7,9-10,20-21H,3-4,8,11-18H2,1-2H3,(H2,24,25,26);1H. The second-order valence-electron chi connectivity index (χ2n) is 8.25. The van der Waals surface area contributed by atoms with Gasteiger partial charge in [0.25, 0.3) is 0 Å². The van der Waals surface area contributed by atoms with E-state index in [1.165, 1.54) is 5.56 Å². The van der Waals surface area contributed by atoms with Crippen LogP contribution in [-0.4, -0.2) is 53.5 Å². The van der Waals surface area contributed by atoms with E-state index >= 15 is 0 Å². The maximum absolute atomic E-state index is 12.3. The van der Waals surface area contributed by atoms with E-state index in [2.05, 4.69) is 47.9 Å². The molecule has 1 aromatic carbocycles. The second kappa shape index (κ2) is 13.0. The van der Waals surface area contributed by atoms with Gasteiger partial charge >= 0.3 is 0 Å². The minimum Gasteiger partial charge on any atom is -0.381 e. The molecule has 0 spiro atoms. The predicted molar refractivity (Wildman–Crippen MR) is 137 cm³/mol. The molecule has 7 heteroatoms. The lowest BCUT2D eigenvalue weighted by Crippen LogP contribution is -2.47. The molecule has 3 atom stereocenters. The van der Waals surface area contributed by atoms with Crippen molar-refractivity contribution in [1.82, 2.24) is 10.6 Å². The monoisotopic (exact) mass is 547 g/mol. The molecule has 0 radical (unpaired) electrons. The highest BCUT2D eigenvalue weighted by atomic mass is 127. The molecule has 5 nitrogen and oxygen atoms in total. The first-order valence-electron chi connectivity index (χ1n) is 11.2. The van der Waals surface area contributed by atoms with Crippen LogP contribution >= 0.6 is 24.0 Å². The van der Waals surface area contributed by atoms with Crippen LogP contribution in [0.4, 0.5) is 0 Å². The number of ether oxygens (including phenoxy) is 1. The van der Waals surface area contributed by atoms with Gasteiger partial charge < -0.3 is 15.4 Å². The van der Waals surface area contributed by atoms with Gasteiger partial charge in [-0.05, 0) is 44.6 Å². The molecule has 0 bridgehead atoms. The van der Waals surface area contributed by atoms with Crippen LogP contribution < -0.4 is 10.6 Å². The molecule has 1 aliphatic heterocycles. The molecular formula is C23H38IN3O2S. The normalized spacial score (nSPS) is 25.1. The first-order chi connectivity index (χ1) is 14.2. The highest BCUT2D eigenvalue weighted by molar-refractivity contribution is 14.0. The van der Waals surface area contributed by atoms with Crippen LogP contribution in [0.3, 0.4) is 0 Å². The Morgan fingerprint density at radius 3 is 2.60 bits per heavy atom. The van der Waals surface area contributed by atoms with Gasteiger partial charge in [-0.2, -0.15) is 0 Å². The Kier molecular flexibility index (Phi) is 11.1. The van der Waals surface area contributed by atoms with Crippen molar-refractivity contribution in [2.24, 2.45) is 4.99 Å². The summed E-state index contributed by atoms with van der Waals surface area (Å²) in [4.78, 5) is 5.03. The molecule has 2 N–H and O–H groups in total. The average Bonchev–Trinajstić information content (AvgIpc) is 2.78. The number of rotatable bonds is 7. The average molecular weight is 548 g/mol. The minimum absolute atomic E-state index is 0. The smallest absolute Gasteiger partial charge is 0.191 e. The lowest BCUT2D eigenvalue weighted by Gasteiger charge is -2.37. The summed E-state index contributed by atoms with van der Waals surface area (Å²) in [6.45, 7) is 7.31. The highest BCUT2D eigenvalue weighted by Crippen LogP contribution is 2.35. The molecule has 2 aliphatic rings. The fraction of sp³-hybridized carbons (Fsp3) is 0.696. The number of guanidine groups is 1. The van der Waals surface area contributed by atoms with Crippen molar-refractivity contribution in [1.29, 1.82) is 0 Å². The summed E-state index contributed by atoms with van der Waals surface area (Å²) in [6, 6.07) is 11.1. The Morgan fingerprint density at radius 2 is 1.93 bits per heavy atom. The van der Waals surface area contributed by atoms with Crippen molar-refractivity contribution in [3.05, 3.63) is 35.9 Å². The maximum Gasteiger partial charge on any atom is 0.191 e. The molecule has 1 heterocycles. The van der Waals surface area contributed by atoms with E-state index in [0.29, 0.717) is 11.3 Å². The zero-order valence-electron chi connectivity index (χ0n) is 18.4. The molecule has 0 amide bonds. The van der Waals surface area contributed by atoms with Crippen molar-refractivity contribution in [2.45, 2.75) is 69.1 Å². The number of hydrogen-bond donors (Lipinski definition) is 2. The fourth-order valence-electron chi connectivity index (χ4n) is 4.59. The molecule has 2 fully saturated rings. The molecule has 1 aliphatic carbocycles. The largest absolute Gasteiger partial charge is 0.381 e. The van der Waals surface area contributed by atoms with Gasteiger partial charge in [0, 0.05) is 53.0 Å². The van der Waals surface area contributed by atoms with Gasteiger partial charge in [-0.25, -0.2) is 0 Å². The van der Waals surface area contributed by atoms with E-state index in [4.69, 9.17) is 9.73 Å². The van der Waals surface area contributed by atoms with E-state index in [1.54, 1.807) is 0 Å². The molecule has 1 aromatic rings. The summed E-state index contributed by atoms with van der Waals surface area (Å²) < 4.78 is 17.9. The zero-order valence-corrected chi connectivity index (χ0v) is 21.5. The number of halogens is 1. The zero-order chi connectivity index (χ0) is 20.5. The summed E-state index contributed by atoms with van der Waals surface area (Å²) in [5, 5.41) is 7.39. The molecular weight excluding hydrogens is 509 g/mol. The molecule has 30 heavy (non-hydrogen) atoms. The lowest BCUT2D eigenvalue weighted by atomic mass is 9.74. The third-order valence-corrected chi connectivity index (χ3v) is 8.08. The van der Waals surface area contributed by atoms with Crippen molar-refractivity contribution >= 4 is 40.7 Å². The van der Waals surface area contributed by atoms with Gasteiger partial charge in [-0.3, -0.25) is 9.20 Å².